The molecule has 0 bridgehead atoms. The number of amidine groups is 1. The Kier molecular flexibility index (Phi) is 4.05. The molecular weight excluding hydrogens is 216 g/mol. The standard InChI is InChI=1S/C13H24N2O2/c1-11-4-3-5-13(10-11,16-2)12(14)15-6-8-17-9-7-15/h11,14H,3-10H2,1-2H3. The molecule has 4 heteroatoms. The van der Waals surface area contributed by atoms with Crippen LogP contribution in [0.2, 0.25) is 0 Å². The van der Waals surface area contributed by atoms with Gasteiger partial charge in [0.2, 0.25) is 0 Å². The fraction of sp³-hybridized carbons (Fsp3) is 0.923. The maximum Gasteiger partial charge on any atom is 0.129 e. The first-order valence-corrected chi connectivity index (χ1v) is 6.65. The van der Waals surface area contributed by atoms with Crippen LogP contribution in [0.3, 0.4) is 0 Å². The molecule has 17 heavy (non-hydrogen) atoms. The minimum absolute atomic E-state index is 0.338. The highest BCUT2D eigenvalue weighted by Crippen LogP contribution is 2.36. The smallest absolute Gasteiger partial charge is 0.129 e. The average Bonchev–Trinajstić information content (AvgIpc) is 2.38. The number of methoxy groups -OCH3 is 1. The van der Waals surface area contributed by atoms with Crippen LogP contribution < -0.4 is 0 Å². The van der Waals surface area contributed by atoms with Crippen LogP contribution in [-0.2, 0) is 9.47 Å². The molecular formula is C13H24N2O2. The first kappa shape index (κ1) is 12.8. The molecule has 1 N–H and O–H groups in total. The Labute approximate surface area is 104 Å². The quantitative estimate of drug-likeness (QED) is 0.592. The molecule has 0 radical (unpaired) electrons. The second-order valence-corrected chi connectivity index (χ2v) is 5.35. The number of rotatable bonds is 2. The maximum atomic E-state index is 8.46. The monoisotopic (exact) mass is 240 g/mol. The Morgan fingerprint density at radius 1 is 1.41 bits per heavy atom. The van der Waals surface area contributed by atoms with Gasteiger partial charge in [-0.15, -0.1) is 0 Å². The zero-order valence-electron chi connectivity index (χ0n) is 11.0. The van der Waals surface area contributed by atoms with E-state index in [1.165, 1.54) is 12.8 Å². The van der Waals surface area contributed by atoms with E-state index < -0.39 is 0 Å². The summed E-state index contributed by atoms with van der Waals surface area (Å²) in [4.78, 5) is 2.13. The van der Waals surface area contributed by atoms with Crippen LogP contribution >= 0.6 is 0 Å². The molecule has 1 aliphatic carbocycles. The summed E-state index contributed by atoms with van der Waals surface area (Å²) >= 11 is 0. The third-order valence-electron chi connectivity index (χ3n) is 4.11. The van der Waals surface area contributed by atoms with Gasteiger partial charge in [-0.3, -0.25) is 5.41 Å². The summed E-state index contributed by atoms with van der Waals surface area (Å²) in [5, 5.41) is 8.46. The van der Waals surface area contributed by atoms with Crippen LogP contribution in [0.15, 0.2) is 0 Å². The molecule has 2 atom stereocenters. The molecule has 1 saturated carbocycles. The summed E-state index contributed by atoms with van der Waals surface area (Å²) in [6, 6.07) is 0. The second kappa shape index (κ2) is 5.36. The van der Waals surface area contributed by atoms with E-state index in [0.717, 1.165) is 39.1 Å². The van der Waals surface area contributed by atoms with Gasteiger partial charge in [0, 0.05) is 20.2 Å². The summed E-state index contributed by atoms with van der Waals surface area (Å²) in [5.41, 5.74) is -0.338. The Bertz CT molecular complexity index is 277. The largest absolute Gasteiger partial charge is 0.378 e. The maximum absolute atomic E-state index is 8.46. The molecule has 1 aliphatic heterocycles. The number of nitrogens with one attached hydrogen (secondary N) is 1. The lowest BCUT2D eigenvalue weighted by Gasteiger charge is -2.44. The third-order valence-corrected chi connectivity index (χ3v) is 4.11. The zero-order chi connectivity index (χ0) is 12.3. The van der Waals surface area contributed by atoms with Gasteiger partial charge in [0.1, 0.15) is 11.4 Å². The molecule has 2 aliphatic rings. The van der Waals surface area contributed by atoms with Gasteiger partial charge in [-0.1, -0.05) is 13.3 Å². The number of morpholine rings is 1. The van der Waals surface area contributed by atoms with Crippen LogP contribution in [0.25, 0.3) is 0 Å². The van der Waals surface area contributed by atoms with Crippen LogP contribution in [0.1, 0.15) is 32.6 Å². The normalized spacial score (nSPS) is 34.7. The van der Waals surface area contributed by atoms with E-state index in [1.54, 1.807) is 7.11 Å². The SMILES string of the molecule is COC1(C(=N)N2CCOCC2)CCCC(C)C1. The van der Waals surface area contributed by atoms with Gasteiger partial charge in [0.05, 0.1) is 13.2 Å². The van der Waals surface area contributed by atoms with Crippen molar-refractivity contribution >= 4 is 5.84 Å². The van der Waals surface area contributed by atoms with E-state index in [9.17, 15) is 0 Å². The van der Waals surface area contributed by atoms with E-state index in [-0.39, 0.29) is 5.60 Å². The van der Waals surface area contributed by atoms with Crippen LogP contribution in [-0.4, -0.2) is 49.7 Å². The first-order chi connectivity index (χ1) is 8.18. The summed E-state index contributed by atoms with van der Waals surface area (Å²) in [7, 11) is 1.76. The molecule has 0 amide bonds. The van der Waals surface area contributed by atoms with Crippen molar-refractivity contribution in [3.8, 4) is 0 Å². The van der Waals surface area contributed by atoms with E-state index in [1.807, 2.05) is 0 Å². The fourth-order valence-corrected chi connectivity index (χ4v) is 3.08. The predicted molar refractivity (Wildman–Crippen MR) is 67.5 cm³/mol. The summed E-state index contributed by atoms with van der Waals surface area (Å²) in [6.07, 6.45) is 4.41. The van der Waals surface area contributed by atoms with E-state index in [4.69, 9.17) is 14.9 Å². The zero-order valence-corrected chi connectivity index (χ0v) is 11.0. The Morgan fingerprint density at radius 3 is 2.71 bits per heavy atom. The van der Waals surface area contributed by atoms with E-state index in [0.29, 0.717) is 11.8 Å². The van der Waals surface area contributed by atoms with Gasteiger partial charge in [-0.25, -0.2) is 0 Å². The van der Waals surface area contributed by atoms with Crippen LogP contribution in [0.5, 0.6) is 0 Å². The molecule has 0 spiro atoms. The second-order valence-electron chi connectivity index (χ2n) is 5.35. The lowest BCUT2D eigenvalue weighted by atomic mass is 9.77. The minimum atomic E-state index is -0.338. The molecule has 0 aromatic rings. The number of ether oxygens (including phenoxy) is 2. The molecule has 1 saturated heterocycles. The molecule has 2 unspecified atom stereocenters. The van der Waals surface area contributed by atoms with Crippen LogP contribution in [0, 0.1) is 11.3 Å². The van der Waals surface area contributed by atoms with Crippen molar-refractivity contribution in [2.24, 2.45) is 5.92 Å². The molecule has 0 aromatic carbocycles. The van der Waals surface area contributed by atoms with E-state index >= 15 is 0 Å². The Balaban J connectivity index is 2.07. The summed E-state index contributed by atoms with van der Waals surface area (Å²) in [6.45, 7) is 5.39. The fourth-order valence-electron chi connectivity index (χ4n) is 3.08. The van der Waals surface area contributed by atoms with Crippen molar-refractivity contribution in [1.29, 1.82) is 5.41 Å². The Hall–Kier alpha value is -0.610. The van der Waals surface area contributed by atoms with Crippen molar-refractivity contribution in [1.82, 2.24) is 4.90 Å². The van der Waals surface area contributed by atoms with Gasteiger partial charge in [-0.2, -0.15) is 0 Å². The Morgan fingerprint density at radius 2 is 2.12 bits per heavy atom. The first-order valence-electron chi connectivity index (χ1n) is 6.65. The van der Waals surface area contributed by atoms with Crippen molar-refractivity contribution < 1.29 is 9.47 Å². The molecule has 1 heterocycles. The highest BCUT2D eigenvalue weighted by Gasteiger charge is 2.41. The summed E-state index contributed by atoms with van der Waals surface area (Å²) < 4.78 is 11.1. The van der Waals surface area contributed by atoms with Gasteiger partial charge in [0.25, 0.3) is 0 Å². The number of nitrogens with zero attached hydrogens (tertiary/aromatic N) is 1. The number of hydrogen-bond donors (Lipinski definition) is 1. The topological polar surface area (TPSA) is 45.5 Å². The highest BCUT2D eigenvalue weighted by molar-refractivity contribution is 5.88. The van der Waals surface area contributed by atoms with Gasteiger partial charge >= 0.3 is 0 Å². The molecule has 98 valence electrons. The van der Waals surface area contributed by atoms with Gasteiger partial charge in [0.15, 0.2) is 0 Å². The molecule has 0 aromatic heterocycles. The lowest BCUT2D eigenvalue weighted by molar-refractivity contribution is -0.0144. The van der Waals surface area contributed by atoms with Gasteiger partial charge in [-0.05, 0) is 25.2 Å². The third kappa shape index (κ3) is 2.63. The number of hydrogen-bond acceptors (Lipinski definition) is 3. The molecule has 4 nitrogen and oxygen atoms in total. The predicted octanol–water partition coefficient (Wildman–Crippen LogP) is 1.89. The average molecular weight is 240 g/mol. The van der Waals surface area contributed by atoms with Crippen LogP contribution in [0.4, 0.5) is 0 Å². The molecule has 2 fully saturated rings. The van der Waals surface area contributed by atoms with Crippen molar-refractivity contribution in [3.63, 3.8) is 0 Å². The van der Waals surface area contributed by atoms with Gasteiger partial charge < -0.3 is 14.4 Å². The lowest BCUT2D eigenvalue weighted by Crippen LogP contribution is -2.54. The molecule has 2 rings (SSSR count). The van der Waals surface area contributed by atoms with Crippen molar-refractivity contribution in [2.45, 2.75) is 38.2 Å². The summed E-state index contributed by atoms with van der Waals surface area (Å²) in [5.74, 6) is 1.33. The van der Waals surface area contributed by atoms with Crippen molar-refractivity contribution in [2.75, 3.05) is 33.4 Å². The highest BCUT2D eigenvalue weighted by atomic mass is 16.5. The van der Waals surface area contributed by atoms with E-state index in [2.05, 4.69) is 11.8 Å². The van der Waals surface area contributed by atoms with Crippen molar-refractivity contribution in [3.05, 3.63) is 0 Å². The minimum Gasteiger partial charge on any atom is -0.378 e.